The molecule has 19 heavy (non-hydrogen) atoms. The van der Waals surface area contributed by atoms with Crippen molar-refractivity contribution in [1.29, 1.82) is 0 Å². The Balaban J connectivity index is 2.53. The number of methoxy groups -OCH3 is 1. The summed E-state index contributed by atoms with van der Waals surface area (Å²) in [5.41, 5.74) is -0.267. The van der Waals surface area contributed by atoms with Crippen molar-refractivity contribution in [2.75, 3.05) is 26.9 Å². The van der Waals surface area contributed by atoms with Gasteiger partial charge in [-0.25, -0.2) is 0 Å². The third-order valence-corrected chi connectivity index (χ3v) is 4.34. The molecule has 0 aromatic rings. The summed E-state index contributed by atoms with van der Waals surface area (Å²) in [5.74, 6) is 0.174. The summed E-state index contributed by atoms with van der Waals surface area (Å²) in [6.45, 7) is 5.58. The van der Waals surface area contributed by atoms with Gasteiger partial charge < -0.3 is 15.2 Å². The minimum atomic E-state index is -0.217. The predicted octanol–water partition coefficient (Wildman–Crippen LogP) is 2.11. The fourth-order valence-corrected chi connectivity index (χ4v) is 2.84. The van der Waals surface area contributed by atoms with E-state index in [1.54, 1.807) is 7.11 Å². The average Bonchev–Trinajstić information content (AvgIpc) is 2.83. The highest BCUT2D eigenvalue weighted by Gasteiger charge is 2.40. The average molecular weight is 271 g/mol. The van der Waals surface area contributed by atoms with Crippen LogP contribution in [-0.4, -0.2) is 37.9 Å². The molecule has 0 aliphatic heterocycles. The van der Waals surface area contributed by atoms with Crippen molar-refractivity contribution in [3.63, 3.8) is 0 Å². The van der Waals surface area contributed by atoms with Crippen LogP contribution in [0, 0.1) is 10.8 Å². The van der Waals surface area contributed by atoms with Crippen molar-refractivity contribution in [2.45, 2.75) is 52.4 Å². The maximum Gasteiger partial charge on any atom is 0.226 e. The summed E-state index contributed by atoms with van der Waals surface area (Å²) in [6, 6.07) is 0. The minimum absolute atomic E-state index is 0.0501. The van der Waals surface area contributed by atoms with Crippen LogP contribution in [0.3, 0.4) is 0 Å². The summed E-state index contributed by atoms with van der Waals surface area (Å²) in [7, 11) is 1.69. The lowest BCUT2D eigenvalue weighted by Crippen LogP contribution is -2.43. The predicted molar refractivity (Wildman–Crippen MR) is 75.9 cm³/mol. The topological polar surface area (TPSA) is 58.6 Å². The van der Waals surface area contributed by atoms with Crippen LogP contribution in [-0.2, 0) is 9.53 Å². The van der Waals surface area contributed by atoms with Crippen LogP contribution >= 0.6 is 0 Å². The molecule has 1 amide bonds. The van der Waals surface area contributed by atoms with Gasteiger partial charge in [-0.1, -0.05) is 26.7 Å². The number of amides is 1. The molecule has 0 radical (unpaired) electrons. The summed E-state index contributed by atoms with van der Waals surface area (Å²) < 4.78 is 5.15. The fourth-order valence-electron chi connectivity index (χ4n) is 2.84. The van der Waals surface area contributed by atoms with Crippen LogP contribution in [0.5, 0.6) is 0 Å². The van der Waals surface area contributed by atoms with Crippen LogP contribution in [0.4, 0.5) is 0 Å². The molecule has 4 nitrogen and oxygen atoms in total. The van der Waals surface area contributed by atoms with Gasteiger partial charge in [0, 0.05) is 26.9 Å². The number of carbonyl (C=O) groups is 1. The van der Waals surface area contributed by atoms with Gasteiger partial charge >= 0.3 is 0 Å². The lowest BCUT2D eigenvalue weighted by molar-refractivity contribution is -0.132. The maximum atomic E-state index is 12.5. The fraction of sp³-hybridized carbons (Fsp3) is 0.933. The molecular formula is C15H29NO3. The largest absolute Gasteiger partial charge is 0.396 e. The molecule has 0 aromatic carbocycles. The Morgan fingerprint density at radius 1 is 1.37 bits per heavy atom. The smallest absolute Gasteiger partial charge is 0.226 e. The van der Waals surface area contributed by atoms with Crippen molar-refractivity contribution in [3.05, 3.63) is 0 Å². The first kappa shape index (κ1) is 16.4. The van der Waals surface area contributed by atoms with E-state index in [0.29, 0.717) is 19.6 Å². The molecule has 0 bridgehead atoms. The zero-order valence-electron chi connectivity index (χ0n) is 12.6. The van der Waals surface area contributed by atoms with Crippen LogP contribution < -0.4 is 5.32 Å². The van der Waals surface area contributed by atoms with Gasteiger partial charge in [0.2, 0.25) is 5.91 Å². The van der Waals surface area contributed by atoms with Gasteiger partial charge in [0.05, 0.1) is 5.41 Å². The molecule has 0 unspecified atom stereocenters. The van der Waals surface area contributed by atoms with Crippen molar-refractivity contribution in [3.8, 4) is 0 Å². The molecule has 4 heteroatoms. The Labute approximate surface area is 116 Å². The van der Waals surface area contributed by atoms with E-state index < -0.39 is 0 Å². The zero-order valence-corrected chi connectivity index (χ0v) is 12.6. The number of aliphatic hydroxyl groups is 1. The molecule has 1 aliphatic carbocycles. The lowest BCUT2D eigenvalue weighted by atomic mass is 9.81. The Bertz CT molecular complexity index is 283. The second-order valence-corrected chi connectivity index (χ2v) is 6.55. The van der Waals surface area contributed by atoms with Gasteiger partial charge in [-0.3, -0.25) is 4.79 Å². The molecule has 1 fully saturated rings. The molecule has 0 spiro atoms. The van der Waals surface area contributed by atoms with E-state index in [4.69, 9.17) is 9.84 Å². The second kappa shape index (κ2) is 7.25. The highest BCUT2D eigenvalue weighted by Crippen LogP contribution is 2.41. The monoisotopic (exact) mass is 271 g/mol. The van der Waals surface area contributed by atoms with E-state index in [2.05, 4.69) is 19.2 Å². The van der Waals surface area contributed by atoms with Crippen LogP contribution in [0.2, 0.25) is 0 Å². The van der Waals surface area contributed by atoms with Gasteiger partial charge in [-0.05, 0) is 31.1 Å². The normalized spacial score (nSPS) is 18.5. The molecular weight excluding hydrogens is 242 g/mol. The molecule has 0 heterocycles. The Morgan fingerprint density at radius 3 is 2.53 bits per heavy atom. The first-order valence-electron chi connectivity index (χ1n) is 7.34. The Hall–Kier alpha value is -0.610. The van der Waals surface area contributed by atoms with E-state index >= 15 is 0 Å². The van der Waals surface area contributed by atoms with Crippen LogP contribution in [0.15, 0.2) is 0 Å². The van der Waals surface area contributed by atoms with Crippen molar-refractivity contribution < 1.29 is 14.6 Å². The van der Waals surface area contributed by atoms with Gasteiger partial charge in [0.15, 0.2) is 0 Å². The van der Waals surface area contributed by atoms with Gasteiger partial charge in [-0.15, -0.1) is 0 Å². The van der Waals surface area contributed by atoms with E-state index in [-0.39, 0.29) is 23.3 Å². The number of hydrogen-bond donors (Lipinski definition) is 2. The number of aliphatic hydroxyl groups excluding tert-OH is 1. The summed E-state index contributed by atoms with van der Waals surface area (Å²) >= 11 is 0. The summed E-state index contributed by atoms with van der Waals surface area (Å²) in [5, 5.41) is 12.1. The molecule has 1 aliphatic rings. The standard InChI is InChI=1S/C15H29NO3/c1-14(2,8-10-17)12-16-13(18)15(9-11-19-3)6-4-5-7-15/h17H,4-12H2,1-3H3,(H,16,18). The second-order valence-electron chi connectivity index (χ2n) is 6.55. The number of ether oxygens (including phenoxy) is 1. The van der Waals surface area contributed by atoms with Gasteiger partial charge in [-0.2, -0.15) is 0 Å². The van der Waals surface area contributed by atoms with Crippen molar-refractivity contribution >= 4 is 5.91 Å². The lowest BCUT2D eigenvalue weighted by Gasteiger charge is -2.30. The molecule has 1 rings (SSSR count). The minimum Gasteiger partial charge on any atom is -0.396 e. The van der Waals surface area contributed by atoms with Crippen molar-refractivity contribution in [2.24, 2.45) is 10.8 Å². The molecule has 1 saturated carbocycles. The SMILES string of the molecule is COCCC1(C(=O)NCC(C)(C)CCO)CCCC1. The maximum absolute atomic E-state index is 12.5. The molecule has 0 atom stereocenters. The van der Waals surface area contributed by atoms with E-state index in [1.807, 2.05) is 0 Å². The van der Waals surface area contributed by atoms with Crippen LogP contribution in [0.1, 0.15) is 52.4 Å². The van der Waals surface area contributed by atoms with E-state index in [9.17, 15) is 4.79 Å². The number of rotatable bonds is 8. The third kappa shape index (κ3) is 4.77. The van der Waals surface area contributed by atoms with Crippen LogP contribution in [0.25, 0.3) is 0 Å². The van der Waals surface area contributed by atoms with E-state index in [1.165, 1.54) is 0 Å². The van der Waals surface area contributed by atoms with Gasteiger partial charge in [0.25, 0.3) is 0 Å². The highest BCUT2D eigenvalue weighted by atomic mass is 16.5. The van der Waals surface area contributed by atoms with Crippen molar-refractivity contribution in [1.82, 2.24) is 5.32 Å². The Kier molecular flexibility index (Phi) is 6.27. The summed E-state index contributed by atoms with van der Waals surface area (Å²) in [6.07, 6.45) is 5.74. The first-order valence-corrected chi connectivity index (χ1v) is 7.34. The third-order valence-electron chi connectivity index (χ3n) is 4.34. The molecule has 112 valence electrons. The summed E-state index contributed by atoms with van der Waals surface area (Å²) in [4.78, 5) is 12.5. The molecule has 0 saturated heterocycles. The first-order chi connectivity index (χ1) is 8.96. The molecule has 0 aromatic heterocycles. The van der Waals surface area contributed by atoms with E-state index in [0.717, 1.165) is 32.1 Å². The zero-order chi connectivity index (χ0) is 14.4. The number of hydrogen-bond acceptors (Lipinski definition) is 3. The highest BCUT2D eigenvalue weighted by molar-refractivity contribution is 5.82. The number of nitrogens with one attached hydrogen (secondary N) is 1. The molecule has 2 N–H and O–H groups in total. The quantitative estimate of drug-likeness (QED) is 0.711. The van der Waals surface area contributed by atoms with Gasteiger partial charge in [0.1, 0.15) is 0 Å². The Morgan fingerprint density at radius 2 is 2.00 bits per heavy atom. The number of carbonyl (C=O) groups excluding carboxylic acids is 1.